The van der Waals surface area contributed by atoms with Gasteiger partial charge in [0.1, 0.15) is 5.82 Å². The standard InChI is InChI=1S/C17H18FN3O2/c18-13-7-5-12(6-8-13)16(15-4-2-10-23-15)21-17(22)20-14-3-1-9-19-11-14/h1,3,5-9,11,15-16H,2,4,10H2,(H2,20,21,22)/t15-,16+/m0/s1. The summed E-state index contributed by atoms with van der Waals surface area (Å²) in [5.41, 5.74) is 1.43. The Morgan fingerprint density at radius 3 is 2.78 bits per heavy atom. The number of hydrogen-bond donors (Lipinski definition) is 2. The van der Waals surface area contributed by atoms with Gasteiger partial charge in [-0.15, -0.1) is 0 Å². The lowest BCUT2D eigenvalue weighted by Crippen LogP contribution is -2.38. The van der Waals surface area contributed by atoms with Crippen molar-refractivity contribution in [3.63, 3.8) is 0 Å². The van der Waals surface area contributed by atoms with Crippen LogP contribution >= 0.6 is 0 Å². The number of carbonyl (C=O) groups excluding carboxylic acids is 1. The van der Waals surface area contributed by atoms with Gasteiger partial charge in [-0.2, -0.15) is 0 Å². The number of hydrogen-bond acceptors (Lipinski definition) is 3. The summed E-state index contributed by atoms with van der Waals surface area (Å²) in [7, 11) is 0. The van der Waals surface area contributed by atoms with Crippen molar-refractivity contribution in [1.29, 1.82) is 0 Å². The lowest BCUT2D eigenvalue weighted by atomic mass is 9.99. The molecule has 0 saturated carbocycles. The number of halogens is 1. The van der Waals surface area contributed by atoms with Crippen molar-refractivity contribution in [3.8, 4) is 0 Å². The van der Waals surface area contributed by atoms with Gasteiger partial charge in [0.05, 0.1) is 24.0 Å². The van der Waals surface area contributed by atoms with Crippen molar-refractivity contribution in [2.75, 3.05) is 11.9 Å². The Balaban J connectivity index is 1.73. The maximum Gasteiger partial charge on any atom is 0.319 e. The van der Waals surface area contributed by atoms with E-state index in [-0.39, 0.29) is 24.0 Å². The highest BCUT2D eigenvalue weighted by molar-refractivity contribution is 5.89. The van der Waals surface area contributed by atoms with Gasteiger partial charge < -0.3 is 15.4 Å². The third kappa shape index (κ3) is 4.04. The molecule has 0 unspecified atom stereocenters. The van der Waals surface area contributed by atoms with Crippen LogP contribution in [0.2, 0.25) is 0 Å². The van der Waals surface area contributed by atoms with E-state index < -0.39 is 0 Å². The van der Waals surface area contributed by atoms with Crippen molar-refractivity contribution in [2.24, 2.45) is 0 Å². The first kappa shape index (κ1) is 15.4. The fourth-order valence-corrected chi connectivity index (χ4v) is 2.67. The number of ether oxygens (including phenoxy) is 1. The molecule has 2 heterocycles. The first-order valence-corrected chi connectivity index (χ1v) is 7.57. The molecule has 3 rings (SSSR count). The van der Waals surface area contributed by atoms with E-state index in [1.807, 2.05) is 0 Å². The largest absolute Gasteiger partial charge is 0.376 e. The first-order chi connectivity index (χ1) is 11.2. The summed E-state index contributed by atoms with van der Waals surface area (Å²) >= 11 is 0. The van der Waals surface area contributed by atoms with Crippen molar-refractivity contribution < 1.29 is 13.9 Å². The van der Waals surface area contributed by atoms with Gasteiger partial charge in [-0.1, -0.05) is 12.1 Å². The number of nitrogens with zero attached hydrogens (tertiary/aromatic N) is 1. The molecule has 1 aromatic heterocycles. The number of carbonyl (C=O) groups is 1. The molecule has 1 fully saturated rings. The number of amides is 2. The summed E-state index contributed by atoms with van der Waals surface area (Å²) in [4.78, 5) is 16.2. The predicted octanol–water partition coefficient (Wildman–Crippen LogP) is 3.26. The second-order valence-electron chi connectivity index (χ2n) is 5.42. The van der Waals surface area contributed by atoms with Crippen molar-refractivity contribution in [3.05, 3.63) is 60.2 Å². The Labute approximate surface area is 133 Å². The Kier molecular flexibility index (Phi) is 4.83. The molecule has 120 valence electrons. The van der Waals surface area contributed by atoms with Gasteiger partial charge in [-0.3, -0.25) is 4.98 Å². The van der Waals surface area contributed by atoms with Gasteiger partial charge in [-0.25, -0.2) is 9.18 Å². The molecule has 6 heteroatoms. The summed E-state index contributed by atoms with van der Waals surface area (Å²) in [6.07, 6.45) is 4.90. The maximum absolute atomic E-state index is 13.1. The van der Waals surface area contributed by atoms with E-state index in [2.05, 4.69) is 15.6 Å². The van der Waals surface area contributed by atoms with E-state index in [0.717, 1.165) is 18.4 Å². The van der Waals surface area contributed by atoms with E-state index in [9.17, 15) is 9.18 Å². The van der Waals surface area contributed by atoms with Crippen molar-refractivity contribution in [1.82, 2.24) is 10.3 Å². The van der Waals surface area contributed by atoms with Crippen LogP contribution in [0.1, 0.15) is 24.4 Å². The smallest absolute Gasteiger partial charge is 0.319 e. The average Bonchev–Trinajstić information content (AvgIpc) is 3.09. The zero-order valence-electron chi connectivity index (χ0n) is 12.5. The van der Waals surface area contributed by atoms with Crippen LogP contribution in [-0.2, 0) is 4.74 Å². The minimum absolute atomic E-state index is 0.111. The van der Waals surface area contributed by atoms with Gasteiger partial charge in [0, 0.05) is 12.8 Å². The molecule has 0 radical (unpaired) electrons. The summed E-state index contributed by atoms with van der Waals surface area (Å²) < 4.78 is 18.8. The van der Waals surface area contributed by atoms with Crippen LogP contribution in [0.5, 0.6) is 0 Å². The highest BCUT2D eigenvalue weighted by Gasteiger charge is 2.28. The van der Waals surface area contributed by atoms with Crippen LogP contribution in [0.4, 0.5) is 14.9 Å². The van der Waals surface area contributed by atoms with Gasteiger partial charge in [0.15, 0.2) is 0 Å². The summed E-state index contributed by atoms with van der Waals surface area (Å²) in [6, 6.07) is 8.95. The number of rotatable bonds is 4. The van der Waals surface area contributed by atoms with Crippen molar-refractivity contribution in [2.45, 2.75) is 25.0 Å². The normalized spacial score (nSPS) is 18.4. The Bertz CT molecular complexity index is 643. The molecule has 2 atom stereocenters. The van der Waals surface area contributed by atoms with Crippen LogP contribution in [0.3, 0.4) is 0 Å². The van der Waals surface area contributed by atoms with Crippen LogP contribution in [0.15, 0.2) is 48.8 Å². The molecule has 23 heavy (non-hydrogen) atoms. The Morgan fingerprint density at radius 2 is 2.13 bits per heavy atom. The first-order valence-electron chi connectivity index (χ1n) is 7.57. The summed E-state index contributed by atoms with van der Waals surface area (Å²) in [5, 5.41) is 5.65. The van der Waals surface area contributed by atoms with Crippen LogP contribution in [-0.4, -0.2) is 23.7 Å². The number of urea groups is 1. The monoisotopic (exact) mass is 315 g/mol. The molecule has 5 nitrogen and oxygen atoms in total. The lowest BCUT2D eigenvalue weighted by Gasteiger charge is -2.25. The zero-order chi connectivity index (χ0) is 16.1. The van der Waals surface area contributed by atoms with Crippen molar-refractivity contribution >= 4 is 11.7 Å². The number of nitrogens with one attached hydrogen (secondary N) is 2. The Hall–Kier alpha value is -2.47. The average molecular weight is 315 g/mol. The third-order valence-corrected chi connectivity index (χ3v) is 3.77. The fourth-order valence-electron chi connectivity index (χ4n) is 2.67. The molecule has 0 bridgehead atoms. The molecule has 2 amide bonds. The molecule has 2 aromatic rings. The molecule has 1 aliphatic heterocycles. The predicted molar refractivity (Wildman–Crippen MR) is 84.5 cm³/mol. The number of aromatic nitrogens is 1. The van der Waals surface area contributed by atoms with Crippen LogP contribution in [0.25, 0.3) is 0 Å². The molecule has 1 aliphatic rings. The Morgan fingerprint density at radius 1 is 1.30 bits per heavy atom. The minimum atomic E-state index is -0.345. The van der Waals surface area contributed by atoms with Crippen LogP contribution < -0.4 is 10.6 Å². The topological polar surface area (TPSA) is 63.2 Å². The molecular formula is C17H18FN3O2. The van der Waals surface area contributed by atoms with E-state index in [1.165, 1.54) is 12.1 Å². The zero-order valence-corrected chi connectivity index (χ0v) is 12.5. The van der Waals surface area contributed by atoms with Gasteiger partial charge in [-0.05, 0) is 42.7 Å². The highest BCUT2D eigenvalue weighted by Crippen LogP contribution is 2.27. The van der Waals surface area contributed by atoms with E-state index in [1.54, 1.807) is 36.7 Å². The molecule has 2 N–H and O–H groups in total. The second kappa shape index (κ2) is 7.19. The van der Waals surface area contributed by atoms with Crippen LogP contribution in [0, 0.1) is 5.82 Å². The third-order valence-electron chi connectivity index (χ3n) is 3.77. The highest BCUT2D eigenvalue weighted by atomic mass is 19.1. The molecule has 1 aromatic carbocycles. The summed E-state index contributed by atoms with van der Waals surface area (Å²) in [5.74, 6) is -0.306. The second-order valence-corrected chi connectivity index (χ2v) is 5.42. The number of benzene rings is 1. The van der Waals surface area contributed by atoms with E-state index in [4.69, 9.17) is 4.74 Å². The van der Waals surface area contributed by atoms with Gasteiger partial charge in [0.2, 0.25) is 0 Å². The summed E-state index contributed by atoms with van der Waals surface area (Å²) in [6.45, 7) is 0.675. The SMILES string of the molecule is O=C(Nc1cccnc1)N[C@H](c1ccc(F)cc1)[C@@H]1CCCO1. The van der Waals surface area contributed by atoms with Gasteiger partial charge in [0.25, 0.3) is 0 Å². The number of pyridine rings is 1. The maximum atomic E-state index is 13.1. The molecule has 1 saturated heterocycles. The fraction of sp³-hybridized carbons (Fsp3) is 0.294. The number of anilines is 1. The van der Waals surface area contributed by atoms with Gasteiger partial charge >= 0.3 is 6.03 Å². The minimum Gasteiger partial charge on any atom is -0.376 e. The lowest BCUT2D eigenvalue weighted by molar-refractivity contribution is 0.0815. The molecule has 0 aliphatic carbocycles. The molecule has 0 spiro atoms. The molecular weight excluding hydrogens is 297 g/mol. The quantitative estimate of drug-likeness (QED) is 0.910. The van der Waals surface area contributed by atoms with E-state index >= 15 is 0 Å². The van der Waals surface area contributed by atoms with E-state index in [0.29, 0.717) is 12.3 Å².